The number of likely N-dealkylation sites (tertiary alicyclic amines) is 1. The molecule has 3 aliphatic rings. The number of carbonyl (C=O) groups excluding carboxylic acids is 4. The highest BCUT2D eigenvalue weighted by atomic mass is 35.5. The molecule has 5 unspecified atom stereocenters. The van der Waals surface area contributed by atoms with Gasteiger partial charge in [0.1, 0.15) is 6.04 Å². The summed E-state index contributed by atoms with van der Waals surface area (Å²) >= 11 is 5.86. The monoisotopic (exact) mass is 463 g/mol. The summed E-state index contributed by atoms with van der Waals surface area (Å²) in [7, 11) is 0. The second-order valence-corrected chi connectivity index (χ2v) is 9.23. The third-order valence-corrected chi connectivity index (χ3v) is 7.12. The van der Waals surface area contributed by atoms with Crippen LogP contribution in [-0.2, 0) is 25.5 Å². The van der Waals surface area contributed by atoms with E-state index in [1.165, 1.54) is 0 Å². The molecule has 1 saturated heterocycles. The van der Waals surface area contributed by atoms with Gasteiger partial charge >= 0.3 is 5.97 Å². The van der Waals surface area contributed by atoms with Crippen LogP contribution in [0.25, 0.3) is 0 Å². The largest absolute Gasteiger partial charge is 0.456 e. The lowest BCUT2D eigenvalue weighted by molar-refractivity contribution is -0.158. The van der Waals surface area contributed by atoms with Gasteiger partial charge < -0.3 is 4.74 Å². The Hall–Kier alpha value is -3.25. The minimum Gasteiger partial charge on any atom is -0.456 e. The van der Waals surface area contributed by atoms with Gasteiger partial charge in [0.2, 0.25) is 11.8 Å². The normalized spacial score (nSPS) is 25.9. The number of esters is 1. The van der Waals surface area contributed by atoms with Gasteiger partial charge in [0, 0.05) is 17.0 Å². The second-order valence-electron chi connectivity index (χ2n) is 8.79. The van der Waals surface area contributed by atoms with Crippen molar-refractivity contribution in [3.8, 4) is 0 Å². The molecule has 0 radical (unpaired) electrons. The average molecular weight is 464 g/mol. The van der Waals surface area contributed by atoms with Crippen LogP contribution in [0.1, 0.15) is 22.3 Å². The zero-order chi connectivity index (χ0) is 23.1. The molecule has 1 aliphatic heterocycles. The molecule has 2 amide bonds. The number of ketones is 1. The molecule has 6 nitrogen and oxygen atoms in total. The number of fused-ring (bicyclic) bond motifs is 5. The number of rotatable bonds is 7. The van der Waals surface area contributed by atoms with Gasteiger partial charge in [-0.3, -0.25) is 19.3 Å². The number of allylic oxidation sites excluding steroid dienone is 2. The van der Waals surface area contributed by atoms with E-state index >= 15 is 0 Å². The predicted octanol–water partition coefficient (Wildman–Crippen LogP) is 3.48. The number of benzene rings is 2. The van der Waals surface area contributed by atoms with Crippen LogP contribution >= 0.6 is 11.6 Å². The Bertz CT molecular complexity index is 1110. The first-order chi connectivity index (χ1) is 15.9. The number of hydrogen-bond acceptors (Lipinski definition) is 5. The molecule has 2 bridgehead atoms. The van der Waals surface area contributed by atoms with Crippen molar-refractivity contribution in [2.24, 2.45) is 23.7 Å². The van der Waals surface area contributed by atoms with Gasteiger partial charge in [0.25, 0.3) is 0 Å². The van der Waals surface area contributed by atoms with Gasteiger partial charge in [-0.1, -0.05) is 54.1 Å². The van der Waals surface area contributed by atoms with E-state index in [9.17, 15) is 19.2 Å². The smallest absolute Gasteiger partial charge is 0.330 e. The van der Waals surface area contributed by atoms with Crippen molar-refractivity contribution in [2.45, 2.75) is 18.9 Å². The lowest BCUT2D eigenvalue weighted by Gasteiger charge is -2.26. The zero-order valence-electron chi connectivity index (χ0n) is 17.7. The van der Waals surface area contributed by atoms with Crippen molar-refractivity contribution in [1.29, 1.82) is 0 Å². The molecule has 0 N–H and O–H groups in total. The van der Waals surface area contributed by atoms with Crippen LogP contribution in [0.15, 0.2) is 66.7 Å². The summed E-state index contributed by atoms with van der Waals surface area (Å²) in [4.78, 5) is 53.3. The molecule has 5 rings (SSSR count). The van der Waals surface area contributed by atoms with E-state index in [1.54, 1.807) is 24.3 Å². The summed E-state index contributed by atoms with van der Waals surface area (Å²) in [5.74, 6) is -2.52. The highest BCUT2D eigenvalue weighted by Gasteiger charge is 2.61. The van der Waals surface area contributed by atoms with Crippen LogP contribution in [0.3, 0.4) is 0 Å². The molecule has 7 heteroatoms. The number of imide groups is 1. The van der Waals surface area contributed by atoms with Gasteiger partial charge in [0.15, 0.2) is 12.4 Å². The van der Waals surface area contributed by atoms with Crippen molar-refractivity contribution in [3.05, 3.63) is 82.9 Å². The number of ether oxygens (including phenoxy) is 1. The van der Waals surface area contributed by atoms with Crippen molar-refractivity contribution in [3.63, 3.8) is 0 Å². The first-order valence-corrected chi connectivity index (χ1v) is 11.4. The van der Waals surface area contributed by atoms with Crippen molar-refractivity contribution in [2.75, 3.05) is 6.61 Å². The van der Waals surface area contributed by atoms with E-state index in [1.807, 2.05) is 42.5 Å². The third kappa shape index (κ3) is 3.89. The number of hydrogen-bond donors (Lipinski definition) is 0. The Labute approximate surface area is 196 Å². The molecule has 2 fully saturated rings. The molecule has 2 aromatic rings. The van der Waals surface area contributed by atoms with Crippen LogP contribution < -0.4 is 0 Å². The lowest BCUT2D eigenvalue weighted by Crippen LogP contribution is -2.48. The SMILES string of the molecule is O=C(COC(=O)C(Cc1ccccc1)N1C(=O)C2C3C=CC(C3)C2C1=O)c1ccc(Cl)cc1. The minimum atomic E-state index is -1.12. The van der Waals surface area contributed by atoms with Crippen LogP contribution in [-0.4, -0.2) is 41.1 Å². The summed E-state index contributed by atoms with van der Waals surface area (Å²) in [5.41, 5.74) is 1.15. The summed E-state index contributed by atoms with van der Waals surface area (Å²) in [6, 6.07) is 14.3. The Morgan fingerprint density at radius 3 is 2.15 bits per heavy atom. The topological polar surface area (TPSA) is 80.8 Å². The van der Waals surface area contributed by atoms with Gasteiger partial charge in [-0.25, -0.2) is 4.79 Å². The third-order valence-electron chi connectivity index (χ3n) is 6.87. The summed E-state index contributed by atoms with van der Waals surface area (Å²) in [5, 5.41) is 0.492. The number of amides is 2. The number of nitrogens with zero attached hydrogens (tertiary/aromatic N) is 1. The molecule has 2 aromatic carbocycles. The minimum absolute atomic E-state index is 0.0429. The standard InChI is InChI=1S/C26H22ClNO5/c27-19-10-8-16(9-11-19)21(29)14-33-26(32)20(12-15-4-2-1-3-5-15)28-24(30)22-17-6-7-18(13-17)23(22)25(28)31/h1-11,17-18,20,22-23H,12-14H2. The summed E-state index contributed by atoms with van der Waals surface area (Å²) < 4.78 is 5.34. The first kappa shape index (κ1) is 21.6. The van der Waals surface area contributed by atoms with Gasteiger partial charge in [-0.15, -0.1) is 0 Å². The second kappa shape index (κ2) is 8.60. The maximum atomic E-state index is 13.3. The van der Waals surface area contributed by atoms with E-state index in [-0.39, 0.29) is 30.1 Å². The van der Waals surface area contributed by atoms with Crippen LogP contribution in [0.5, 0.6) is 0 Å². The van der Waals surface area contributed by atoms with Crippen LogP contribution in [0.2, 0.25) is 5.02 Å². The quantitative estimate of drug-likeness (QED) is 0.272. The van der Waals surface area contributed by atoms with Crippen molar-refractivity contribution < 1.29 is 23.9 Å². The molecule has 0 aromatic heterocycles. The van der Waals surface area contributed by atoms with Gasteiger partial charge in [-0.05, 0) is 48.1 Å². The predicted molar refractivity (Wildman–Crippen MR) is 120 cm³/mol. The maximum Gasteiger partial charge on any atom is 0.330 e. The van der Waals surface area contributed by atoms with Crippen LogP contribution in [0, 0.1) is 23.7 Å². The Balaban J connectivity index is 1.36. The van der Waals surface area contributed by atoms with E-state index in [4.69, 9.17) is 16.3 Å². The molecular formula is C26H22ClNO5. The highest BCUT2D eigenvalue weighted by Crippen LogP contribution is 2.53. The number of carbonyl (C=O) groups is 4. The fourth-order valence-corrected chi connectivity index (χ4v) is 5.43. The van der Waals surface area contributed by atoms with E-state index < -0.39 is 36.2 Å². The zero-order valence-corrected chi connectivity index (χ0v) is 18.5. The van der Waals surface area contributed by atoms with E-state index in [2.05, 4.69) is 0 Å². The Morgan fingerprint density at radius 2 is 1.55 bits per heavy atom. The first-order valence-electron chi connectivity index (χ1n) is 11.0. The number of Topliss-reactive ketones (excluding diaryl/α,β-unsaturated/α-hetero) is 1. The highest BCUT2D eigenvalue weighted by molar-refractivity contribution is 6.30. The molecule has 2 aliphatic carbocycles. The molecule has 1 heterocycles. The molecular weight excluding hydrogens is 442 g/mol. The molecule has 168 valence electrons. The fraction of sp³-hybridized carbons (Fsp3) is 0.308. The van der Waals surface area contributed by atoms with Crippen molar-refractivity contribution in [1.82, 2.24) is 4.90 Å². The maximum absolute atomic E-state index is 13.3. The van der Waals surface area contributed by atoms with Crippen LogP contribution in [0.4, 0.5) is 0 Å². The molecule has 1 saturated carbocycles. The summed E-state index contributed by atoms with van der Waals surface area (Å²) in [6.07, 6.45) is 4.96. The molecule has 33 heavy (non-hydrogen) atoms. The summed E-state index contributed by atoms with van der Waals surface area (Å²) in [6.45, 7) is -0.484. The van der Waals surface area contributed by atoms with E-state index in [0.29, 0.717) is 10.6 Å². The van der Waals surface area contributed by atoms with Crippen molar-refractivity contribution >= 4 is 35.2 Å². The average Bonchev–Trinajstić information content (AvgIpc) is 3.51. The lowest BCUT2D eigenvalue weighted by atomic mass is 9.85. The van der Waals surface area contributed by atoms with E-state index in [0.717, 1.165) is 16.9 Å². The Morgan fingerprint density at radius 1 is 0.939 bits per heavy atom. The molecule has 0 spiro atoms. The number of halogens is 1. The fourth-order valence-electron chi connectivity index (χ4n) is 5.30. The van der Waals surface area contributed by atoms with Gasteiger partial charge in [0.05, 0.1) is 11.8 Å². The van der Waals surface area contributed by atoms with Gasteiger partial charge in [-0.2, -0.15) is 0 Å². The Kier molecular flexibility index (Phi) is 5.62. The molecule has 5 atom stereocenters.